The zero-order chi connectivity index (χ0) is 18.1. The summed E-state index contributed by atoms with van der Waals surface area (Å²) in [6.45, 7) is 2.99. The number of hydrogen-bond acceptors (Lipinski definition) is 3. The number of nitrogens with one attached hydrogen (secondary N) is 1. The fourth-order valence-electron chi connectivity index (χ4n) is 4.03. The quantitative estimate of drug-likeness (QED) is 0.729. The molecule has 26 heavy (non-hydrogen) atoms. The molecule has 1 aliphatic heterocycles. The lowest BCUT2D eigenvalue weighted by atomic mass is 10.0. The number of rotatable bonds is 5. The SMILES string of the molecule is COc1ccc2[nH]c(C)c(CC3CCCN3C(=O)Cc3cccs3)c2c1. The van der Waals surface area contributed by atoms with E-state index in [1.54, 1.807) is 18.4 Å². The van der Waals surface area contributed by atoms with Crippen LogP contribution in [-0.2, 0) is 17.6 Å². The molecule has 0 bridgehead atoms. The number of likely N-dealkylation sites (tertiary alicyclic amines) is 1. The Bertz CT molecular complexity index is 914. The van der Waals surface area contributed by atoms with E-state index in [0.717, 1.165) is 42.0 Å². The van der Waals surface area contributed by atoms with Crippen molar-refractivity contribution >= 4 is 28.1 Å². The number of carbonyl (C=O) groups is 1. The summed E-state index contributed by atoms with van der Waals surface area (Å²) in [5, 5.41) is 3.24. The summed E-state index contributed by atoms with van der Waals surface area (Å²) in [4.78, 5) is 19.5. The monoisotopic (exact) mass is 368 g/mol. The first-order valence-corrected chi connectivity index (χ1v) is 10.0. The minimum atomic E-state index is 0.255. The average Bonchev–Trinajstić information content (AvgIpc) is 3.36. The molecule has 1 atom stereocenters. The second kappa shape index (κ2) is 7.16. The van der Waals surface area contributed by atoms with Crippen LogP contribution < -0.4 is 4.74 Å². The fraction of sp³-hybridized carbons (Fsp3) is 0.381. The van der Waals surface area contributed by atoms with Crippen molar-refractivity contribution in [3.63, 3.8) is 0 Å². The van der Waals surface area contributed by atoms with Gasteiger partial charge in [0, 0.05) is 34.1 Å². The number of carbonyl (C=O) groups excluding carboxylic acids is 1. The number of amides is 1. The lowest BCUT2D eigenvalue weighted by Gasteiger charge is -2.25. The minimum absolute atomic E-state index is 0.255. The van der Waals surface area contributed by atoms with Crippen LogP contribution in [0.25, 0.3) is 10.9 Å². The molecule has 1 aliphatic rings. The number of methoxy groups -OCH3 is 1. The van der Waals surface area contributed by atoms with E-state index < -0.39 is 0 Å². The fourth-order valence-corrected chi connectivity index (χ4v) is 4.72. The molecule has 3 aromatic rings. The number of aryl methyl sites for hydroxylation is 1. The number of aromatic nitrogens is 1. The van der Waals surface area contributed by atoms with Crippen molar-refractivity contribution < 1.29 is 9.53 Å². The van der Waals surface area contributed by atoms with E-state index in [-0.39, 0.29) is 11.9 Å². The summed E-state index contributed by atoms with van der Waals surface area (Å²) in [6, 6.07) is 10.5. The maximum atomic E-state index is 12.8. The molecule has 4 nitrogen and oxygen atoms in total. The first-order chi connectivity index (χ1) is 12.7. The number of thiophene rings is 1. The van der Waals surface area contributed by atoms with Crippen molar-refractivity contribution in [1.29, 1.82) is 0 Å². The molecule has 5 heteroatoms. The number of aromatic amines is 1. The van der Waals surface area contributed by atoms with Crippen molar-refractivity contribution in [1.82, 2.24) is 9.88 Å². The Balaban J connectivity index is 1.57. The Morgan fingerprint density at radius 3 is 3.04 bits per heavy atom. The van der Waals surface area contributed by atoms with Crippen LogP contribution in [0.1, 0.15) is 29.0 Å². The van der Waals surface area contributed by atoms with E-state index in [1.165, 1.54) is 16.6 Å². The second-order valence-electron chi connectivity index (χ2n) is 6.98. The molecule has 1 saturated heterocycles. The average molecular weight is 369 g/mol. The Kier molecular flexibility index (Phi) is 4.72. The third-order valence-corrected chi connectivity index (χ3v) is 6.25. The van der Waals surface area contributed by atoms with Gasteiger partial charge in [-0.3, -0.25) is 4.79 Å². The highest BCUT2D eigenvalue weighted by atomic mass is 32.1. The van der Waals surface area contributed by atoms with Crippen LogP contribution in [0.3, 0.4) is 0 Å². The van der Waals surface area contributed by atoms with Gasteiger partial charge in [0.15, 0.2) is 0 Å². The number of fused-ring (bicyclic) bond motifs is 1. The topological polar surface area (TPSA) is 45.3 Å². The van der Waals surface area contributed by atoms with Crippen LogP contribution in [0.4, 0.5) is 0 Å². The Morgan fingerprint density at radius 1 is 1.38 bits per heavy atom. The maximum absolute atomic E-state index is 12.8. The Labute approximate surface area is 157 Å². The number of ether oxygens (including phenoxy) is 1. The highest BCUT2D eigenvalue weighted by Crippen LogP contribution is 2.30. The second-order valence-corrected chi connectivity index (χ2v) is 8.02. The summed E-state index contributed by atoms with van der Waals surface area (Å²) in [5.41, 5.74) is 3.62. The first-order valence-electron chi connectivity index (χ1n) is 9.12. The summed E-state index contributed by atoms with van der Waals surface area (Å²) in [5.74, 6) is 1.12. The van der Waals surface area contributed by atoms with Gasteiger partial charge in [0.2, 0.25) is 5.91 Å². The molecule has 0 spiro atoms. The molecule has 1 N–H and O–H groups in total. The molecule has 0 radical (unpaired) electrons. The van der Waals surface area contributed by atoms with Gasteiger partial charge in [-0.2, -0.15) is 0 Å². The molecular weight excluding hydrogens is 344 g/mol. The molecule has 0 saturated carbocycles. The molecule has 1 fully saturated rings. The normalized spacial score (nSPS) is 17.2. The summed E-state index contributed by atoms with van der Waals surface area (Å²) in [6.07, 6.45) is 3.59. The molecular formula is C21H24N2O2S. The number of benzene rings is 1. The minimum Gasteiger partial charge on any atom is -0.497 e. The maximum Gasteiger partial charge on any atom is 0.228 e. The van der Waals surface area contributed by atoms with Crippen molar-refractivity contribution in [2.45, 2.75) is 38.6 Å². The van der Waals surface area contributed by atoms with Gasteiger partial charge in [-0.1, -0.05) is 6.07 Å². The predicted octanol–water partition coefficient (Wildman–Crippen LogP) is 4.32. The molecule has 136 valence electrons. The van der Waals surface area contributed by atoms with Gasteiger partial charge in [0.05, 0.1) is 13.5 Å². The number of H-pyrrole nitrogens is 1. The van der Waals surface area contributed by atoms with Gasteiger partial charge < -0.3 is 14.6 Å². The smallest absolute Gasteiger partial charge is 0.228 e. The van der Waals surface area contributed by atoms with Crippen molar-refractivity contribution in [2.75, 3.05) is 13.7 Å². The molecule has 1 aromatic carbocycles. The van der Waals surface area contributed by atoms with Crippen LogP contribution in [0.2, 0.25) is 0 Å². The van der Waals surface area contributed by atoms with Gasteiger partial charge in [0.1, 0.15) is 5.75 Å². The highest BCUT2D eigenvalue weighted by Gasteiger charge is 2.30. The largest absolute Gasteiger partial charge is 0.497 e. The lowest BCUT2D eigenvalue weighted by Crippen LogP contribution is -2.37. The summed E-state index contributed by atoms with van der Waals surface area (Å²) >= 11 is 1.66. The van der Waals surface area contributed by atoms with Crippen molar-refractivity contribution in [3.8, 4) is 5.75 Å². The Morgan fingerprint density at radius 2 is 2.27 bits per heavy atom. The molecule has 1 amide bonds. The standard InChI is InChI=1S/C21H24N2O2S/c1-14-18(19-12-16(25-2)7-8-20(19)22-14)11-15-5-3-9-23(15)21(24)13-17-6-4-10-26-17/h4,6-8,10,12,15,22H,3,5,9,11,13H2,1-2H3. The van der Waals surface area contributed by atoms with Gasteiger partial charge in [-0.05, 0) is 61.4 Å². The molecule has 1 unspecified atom stereocenters. The molecule has 2 aromatic heterocycles. The third-order valence-electron chi connectivity index (χ3n) is 5.37. The van der Waals surface area contributed by atoms with Gasteiger partial charge in [-0.25, -0.2) is 0 Å². The van der Waals surface area contributed by atoms with Gasteiger partial charge >= 0.3 is 0 Å². The molecule has 4 rings (SSSR count). The third kappa shape index (κ3) is 3.23. The lowest BCUT2D eigenvalue weighted by molar-refractivity contribution is -0.131. The Hall–Kier alpha value is -2.27. The van der Waals surface area contributed by atoms with E-state index in [1.807, 2.05) is 23.6 Å². The zero-order valence-corrected chi connectivity index (χ0v) is 16.1. The summed E-state index contributed by atoms with van der Waals surface area (Å²) in [7, 11) is 1.70. The van der Waals surface area contributed by atoms with E-state index in [4.69, 9.17) is 4.74 Å². The van der Waals surface area contributed by atoms with Crippen LogP contribution in [0.5, 0.6) is 5.75 Å². The van der Waals surface area contributed by atoms with Crippen LogP contribution >= 0.6 is 11.3 Å². The van der Waals surface area contributed by atoms with E-state index in [9.17, 15) is 4.79 Å². The van der Waals surface area contributed by atoms with Gasteiger partial charge in [0.25, 0.3) is 0 Å². The predicted molar refractivity (Wildman–Crippen MR) is 106 cm³/mol. The van der Waals surface area contributed by atoms with E-state index in [0.29, 0.717) is 6.42 Å². The van der Waals surface area contributed by atoms with Crippen molar-refractivity contribution in [2.24, 2.45) is 0 Å². The highest BCUT2D eigenvalue weighted by molar-refractivity contribution is 7.10. The van der Waals surface area contributed by atoms with E-state index >= 15 is 0 Å². The molecule has 3 heterocycles. The van der Waals surface area contributed by atoms with Crippen molar-refractivity contribution in [3.05, 3.63) is 51.8 Å². The van der Waals surface area contributed by atoms with E-state index in [2.05, 4.69) is 28.9 Å². The number of nitrogens with zero attached hydrogens (tertiary/aromatic N) is 1. The van der Waals surface area contributed by atoms with Gasteiger partial charge in [-0.15, -0.1) is 11.3 Å². The van der Waals surface area contributed by atoms with Crippen LogP contribution in [0.15, 0.2) is 35.7 Å². The van der Waals surface area contributed by atoms with Crippen LogP contribution in [-0.4, -0.2) is 35.5 Å². The number of hydrogen-bond donors (Lipinski definition) is 1. The van der Waals surface area contributed by atoms with Crippen LogP contribution in [0, 0.1) is 6.92 Å². The zero-order valence-electron chi connectivity index (χ0n) is 15.2. The summed E-state index contributed by atoms with van der Waals surface area (Å²) < 4.78 is 5.40. The molecule has 0 aliphatic carbocycles. The first kappa shape index (κ1) is 17.2.